The van der Waals surface area contributed by atoms with Crippen molar-refractivity contribution in [3.05, 3.63) is 0 Å². The molecule has 2 rings (SSSR count). The lowest BCUT2D eigenvalue weighted by atomic mass is 9.79. The fraction of sp³-hybridized carbons (Fsp3) is 1.00. The number of ether oxygens (including phenoxy) is 4. The summed E-state index contributed by atoms with van der Waals surface area (Å²) in [6, 6.07) is 0. The molecule has 0 aromatic heterocycles. The van der Waals surface area contributed by atoms with E-state index in [1.54, 1.807) is 0 Å². The Labute approximate surface area is 180 Å². The van der Waals surface area contributed by atoms with E-state index in [-0.39, 0.29) is 47.8 Å². The van der Waals surface area contributed by atoms with Gasteiger partial charge in [-0.3, -0.25) is 0 Å². The van der Waals surface area contributed by atoms with Crippen LogP contribution in [0.1, 0.15) is 62.3 Å². The largest absolute Gasteiger partial charge is 0.413 e. The second-order valence-electron chi connectivity index (χ2n) is 11.0. The van der Waals surface area contributed by atoms with Crippen molar-refractivity contribution in [2.45, 2.75) is 111 Å². The van der Waals surface area contributed by atoms with Gasteiger partial charge in [-0.1, -0.05) is 48.5 Å². The van der Waals surface area contributed by atoms with Gasteiger partial charge >= 0.3 is 0 Å². The SMILES string of the molecule is CC1OCC(C)C(C(C)C(O[Si](C)(C)C(C)(C)C)C(C)C2OC(C)OCC2C)O1. The molecule has 8 unspecified atom stereocenters. The molecule has 5 nitrogen and oxygen atoms in total. The van der Waals surface area contributed by atoms with Gasteiger partial charge in [-0.15, -0.1) is 0 Å². The summed E-state index contributed by atoms with van der Waals surface area (Å²) in [6.45, 7) is 26.1. The maximum absolute atomic E-state index is 7.10. The molecule has 0 bridgehead atoms. The van der Waals surface area contributed by atoms with E-state index < -0.39 is 8.32 Å². The summed E-state index contributed by atoms with van der Waals surface area (Å²) >= 11 is 0. The molecule has 2 heterocycles. The zero-order valence-corrected chi connectivity index (χ0v) is 21.7. The summed E-state index contributed by atoms with van der Waals surface area (Å²) in [7, 11) is -1.97. The third-order valence-electron chi connectivity index (χ3n) is 7.32. The van der Waals surface area contributed by atoms with E-state index in [0.717, 1.165) is 13.2 Å². The highest BCUT2D eigenvalue weighted by Crippen LogP contribution is 2.42. The van der Waals surface area contributed by atoms with Gasteiger partial charge < -0.3 is 23.4 Å². The second-order valence-corrected chi connectivity index (χ2v) is 15.8. The third-order valence-corrected chi connectivity index (χ3v) is 11.8. The molecule has 0 aromatic rings. The van der Waals surface area contributed by atoms with Crippen LogP contribution in [0.2, 0.25) is 18.1 Å². The monoisotopic (exact) mass is 430 g/mol. The highest BCUT2D eigenvalue weighted by molar-refractivity contribution is 6.74. The predicted molar refractivity (Wildman–Crippen MR) is 119 cm³/mol. The first-order valence-corrected chi connectivity index (χ1v) is 14.4. The summed E-state index contributed by atoms with van der Waals surface area (Å²) in [5.74, 6) is 1.17. The fourth-order valence-corrected chi connectivity index (χ4v) is 5.89. The number of rotatable bonds is 6. The fourth-order valence-electron chi connectivity index (χ4n) is 4.42. The van der Waals surface area contributed by atoms with E-state index in [0.29, 0.717) is 11.8 Å². The molecule has 0 aromatic carbocycles. The van der Waals surface area contributed by atoms with Gasteiger partial charge in [0.2, 0.25) is 0 Å². The molecule has 0 radical (unpaired) electrons. The van der Waals surface area contributed by atoms with E-state index in [9.17, 15) is 0 Å². The smallest absolute Gasteiger partial charge is 0.192 e. The van der Waals surface area contributed by atoms with Gasteiger partial charge in [0.1, 0.15) is 0 Å². The van der Waals surface area contributed by atoms with E-state index in [4.69, 9.17) is 23.4 Å². The van der Waals surface area contributed by atoms with Crippen molar-refractivity contribution in [2.24, 2.45) is 23.7 Å². The van der Waals surface area contributed by atoms with Crippen molar-refractivity contribution in [3.8, 4) is 0 Å². The van der Waals surface area contributed by atoms with Gasteiger partial charge in [-0.05, 0) is 32.0 Å². The quantitative estimate of drug-likeness (QED) is 0.525. The van der Waals surface area contributed by atoms with Crippen LogP contribution in [-0.4, -0.2) is 52.4 Å². The van der Waals surface area contributed by atoms with Gasteiger partial charge in [-0.2, -0.15) is 0 Å². The molecule has 2 fully saturated rings. The summed E-state index contributed by atoms with van der Waals surface area (Å²) in [4.78, 5) is 0. The molecule has 0 N–H and O–H groups in total. The third kappa shape index (κ3) is 6.04. The van der Waals surface area contributed by atoms with Gasteiger partial charge in [-0.25, -0.2) is 0 Å². The Morgan fingerprint density at radius 2 is 1.17 bits per heavy atom. The first-order valence-electron chi connectivity index (χ1n) is 11.5. The lowest BCUT2D eigenvalue weighted by molar-refractivity contribution is -0.259. The van der Waals surface area contributed by atoms with Crippen molar-refractivity contribution in [3.63, 3.8) is 0 Å². The first kappa shape index (κ1) is 25.3. The summed E-state index contributed by atoms with van der Waals surface area (Å²) in [6.07, 6.45) is -0.0417. The van der Waals surface area contributed by atoms with Crippen molar-refractivity contribution >= 4 is 8.32 Å². The minimum Gasteiger partial charge on any atom is -0.413 e. The Morgan fingerprint density at radius 3 is 1.52 bits per heavy atom. The van der Waals surface area contributed by atoms with Crippen LogP contribution >= 0.6 is 0 Å². The van der Waals surface area contributed by atoms with E-state index >= 15 is 0 Å². The summed E-state index contributed by atoms with van der Waals surface area (Å²) in [5.41, 5.74) is 0. The number of hydrogen-bond donors (Lipinski definition) is 0. The molecule has 8 atom stereocenters. The summed E-state index contributed by atoms with van der Waals surface area (Å²) < 4.78 is 31.1. The molecular formula is C23H46O5Si. The highest BCUT2D eigenvalue weighted by atomic mass is 28.4. The topological polar surface area (TPSA) is 46.2 Å². The minimum atomic E-state index is -1.97. The zero-order valence-electron chi connectivity index (χ0n) is 20.7. The lowest BCUT2D eigenvalue weighted by Gasteiger charge is -2.49. The molecule has 0 amide bonds. The Kier molecular flexibility index (Phi) is 8.42. The predicted octanol–water partition coefficient (Wildman–Crippen LogP) is 5.44. The van der Waals surface area contributed by atoms with Gasteiger partial charge in [0, 0.05) is 23.7 Å². The molecule has 0 aliphatic carbocycles. The molecule has 0 saturated carbocycles. The maximum atomic E-state index is 7.10. The average Bonchev–Trinajstić information content (AvgIpc) is 2.61. The lowest BCUT2D eigenvalue weighted by Crippen LogP contribution is -2.55. The molecular weight excluding hydrogens is 384 g/mol. The highest BCUT2D eigenvalue weighted by Gasteiger charge is 2.47. The van der Waals surface area contributed by atoms with Crippen LogP contribution in [0.15, 0.2) is 0 Å². The van der Waals surface area contributed by atoms with E-state index in [2.05, 4.69) is 61.6 Å². The van der Waals surface area contributed by atoms with Crippen LogP contribution in [-0.2, 0) is 23.4 Å². The summed E-state index contributed by atoms with van der Waals surface area (Å²) in [5, 5.41) is 0.148. The van der Waals surface area contributed by atoms with Crippen LogP contribution < -0.4 is 0 Å². The normalized spacial score (nSPS) is 37.8. The van der Waals surface area contributed by atoms with Crippen LogP contribution in [0, 0.1) is 23.7 Å². The van der Waals surface area contributed by atoms with Crippen LogP contribution in [0.5, 0.6) is 0 Å². The molecule has 2 aliphatic rings. The van der Waals surface area contributed by atoms with Crippen LogP contribution in [0.3, 0.4) is 0 Å². The molecule has 2 saturated heterocycles. The van der Waals surface area contributed by atoms with Crippen molar-refractivity contribution < 1.29 is 23.4 Å². The Morgan fingerprint density at radius 1 is 0.793 bits per heavy atom. The van der Waals surface area contributed by atoms with Gasteiger partial charge in [0.25, 0.3) is 0 Å². The molecule has 6 heteroatoms. The average molecular weight is 431 g/mol. The van der Waals surface area contributed by atoms with Crippen molar-refractivity contribution in [1.82, 2.24) is 0 Å². The Bertz CT molecular complexity index is 488. The van der Waals surface area contributed by atoms with Crippen molar-refractivity contribution in [2.75, 3.05) is 13.2 Å². The van der Waals surface area contributed by atoms with E-state index in [1.165, 1.54) is 0 Å². The zero-order chi connectivity index (χ0) is 22.1. The van der Waals surface area contributed by atoms with Gasteiger partial charge in [0.15, 0.2) is 20.9 Å². The Balaban J connectivity index is 2.31. The Hall–Kier alpha value is 0.0169. The minimum absolute atomic E-state index is 0.0615. The second kappa shape index (κ2) is 9.66. The van der Waals surface area contributed by atoms with Crippen LogP contribution in [0.4, 0.5) is 0 Å². The molecule has 172 valence electrons. The van der Waals surface area contributed by atoms with Crippen molar-refractivity contribution in [1.29, 1.82) is 0 Å². The maximum Gasteiger partial charge on any atom is 0.192 e. The first-order chi connectivity index (χ1) is 13.2. The van der Waals surface area contributed by atoms with Crippen LogP contribution in [0.25, 0.3) is 0 Å². The molecule has 0 spiro atoms. The number of hydrogen-bond acceptors (Lipinski definition) is 5. The molecule has 29 heavy (non-hydrogen) atoms. The van der Waals surface area contributed by atoms with Gasteiger partial charge in [0.05, 0.1) is 31.5 Å². The molecule has 2 aliphatic heterocycles. The standard InChI is InChI=1S/C23H46O5Si/c1-14-12-24-18(5)26-20(14)16(3)22(28-29(10,11)23(7,8)9)17(4)21-15(2)13-25-19(6)27-21/h14-22H,12-13H2,1-11H3. The van der Waals surface area contributed by atoms with E-state index in [1.807, 2.05) is 13.8 Å².